The predicted octanol–water partition coefficient (Wildman–Crippen LogP) is 2.53. The third-order valence-corrected chi connectivity index (χ3v) is 6.60. The lowest BCUT2D eigenvalue weighted by Gasteiger charge is -2.20. The van der Waals surface area contributed by atoms with Crippen LogP contribution in [0.1, 0.15) is 31.7 Å². The molecule has 0 heterocycles. The number of anilines is 1. The van der Waals surface area contributed by atoms with Gasteiger partial charge in [-0.15, -0.1) is 0 Å². The van der Waals surface area contributed by atoms with E-state index in [1.807, 2.05) is 11.8 Å². The minimum atomic E-state index is -3.49. The molecular weight excluding hydrogens is 292 g/mol. The number of hydrogen-bond acceptors (Lipinski definition) is 4. The molecule has 0 radical (unpaired) electrons. The van der Waals surface area contributed by atoms with Crippen molar-refractivity contribution in [2.45, 2.75) is 49.3 Å². The summed E-state index contributed by atoms with van der Waals surface area (Å²) in [6, 6.07) is 5.04. The first kappa shape index (κ1) is 15.7. The number of benzene rings is 1. The molecule has 1 aromatic rings. The van der Waals surface area contributed by atoms with E-state index >= 15 is 0 Å². The van der Waals surface area contributed by atoms with Crippen molar-refractivity contribution < 1.29 is 8.42 Å². The molecule has 0 aromatic heterocycles. The summed E-state index contributed by atoms with van der Waals surface area (Å²) in [6.45, 7) is 3.90. The Kier molecular flexibility index (Phi) is 4.99. The smallest absolute Gasteiger partial charge is 0.241 e. The maximum absolute atomic E-state index is 12.5. The van der Waals surface area contributed by atoms with Crippen LogP contribution in [0.4, 0.5) is 5.69 Å². The van der Waals surface area contributed by atoms with Gasteiger partial charge in [-0.05, 0) is 43.2 Å². The highest BCUT2D eigenvalue weighted by Crippen LogP contribution is 2.31. The number of nitrogens with one attached hydrogen (secondary N) is 1. The zero-order valence-corrected chi connectivity index (χ0v) is 13.6. The molecule has 0 aliphatic heterocycles. The average molecular weight is 314 g/mol. The van der Waals surface area contributed by atoms with Gasteiger partial charge in [0.1, 0.15) is 0 Å². The van der Waals surface area contributed by atoms with Crippen molar-refractivity contribution in [2.24, 2.45) is 0 Å². The Morgan fingerprint density at radius 1 is 1.40 bits per heavy atom. The second kappa shape index (κ2) is 6.37. The summed E-state index contributed by atoms with van der Waals surface area (Å²) < 4.78 is 27.9. The molecule has 0 amide bonds. The van der Waals surface area contributed by atoms with Gasteiger partial charge < -0.3 is 5.73 Å². The number of sulfonamides is 1. The fraction of sp³-hybridized carbons (Fsp3) is 0.571. The number of aryl methyl sites for hydroxylation is 1. The summed E-state index contributed by atoms with van der Waals surface area (Å²) in [5.74, 6) is 1.01. The second-order valence-corrected chi connectivity index (χ2v) is 8.38. The summed E-state index contributed by atoms with van der Waals surface area (Å²) in [5, 5.41) is 0.385. The topological polar surface area (TPSA) is 72.2 Å². The lowest BCUT2D eigenvalue weighted by atomic mass is 10.2. The summed E-state index contributed by atoms with van der Waals surface area (Å²) in [7, 11) is -3.49. The molecule has 1 fully saturated rings. The molecule has 4 nitrogen and oxygen atoms in total. The van der Waals surface area contributed by atoms with Crippen LogP contribution in [0.15, 0.2) is 23.1 Å². The zero-order valence-electron chi connectivity index (χ0n) is 11.9. The van der Waals surface area contributed by atoms with Crippen LogP contribution in [0, 0.1) is 6.92 Å². The van der Waals surface area contributed by atoms with Gasteiger partial charge in [-0.25, -0.2) is 13.1 Å². The van der Waals surface area contributed by atoms with E-state index in [0.29, 0.717) is 15.8 Å². The molecule has 1 aromatic carbocycles. The molecule has 2 rings (SSSR count). The van der Waals surface area contributed by atoms with Crippen LogP contribution in [0.2, 0.25) is 0 Å². The fourth-order valence-electron chi connectivity index (χ4n) is 2.64. The summed E-state index contributed by atoms with van der Waals surface area (Å²) in [5.41, 5.74) is 6.91. The normalized spacial score (nSPS) is 23.1. The van der Waals surface area contributed by atoms with E-state index in [1.54, 1.807) is 19.1 Å². The standard InChI is InChI=1S/C14H22N2O2S2/c1-3-19-13-6-4-5-12(13)16-20(17,18)14-9-11(15)8-7-10(14)2/h7-9,12-13,16H,3-6,15H2,1-2H3. The van der Waals surface area contributed by atoms with Gasteiger partial charge >= 0.3 is 0 Å². The first-order valence-electron chi connectivity index (χ1n) is 6.94. The Balaban J connectivity index is 2.20. The number of rotatable bonds is 5. The maximum atomic E-state index is 12.5. The first-order valence-corrected chi connectivity index (χ1v) is 9.47. The van der Waals surface area contributed by atoms with Gasteiger partial charge in [0.05, 0.1) is 4.90 Å². The van der Waals surface area contributed by atoms with Crippen molar-refractivity contribution in [3.63, 3.8) is 0 Å². The summed E-state index contributed by atoms with van der Waals surface area (Å²) in [6.07, 6.45) is 3.08. The van der Waals surface area contributed by atoms with Crippen LogP contribution >= 0.6 is 11.8 Å². The lowest BCUT2D eigenvalue weighted by Crippen LogP contribution is -2.39. The van der Waals surface area contributed by atoms with Crippen molar-refractivity contribution in [3.05, 3.63) is 23.8 Å². The Labute approximate surface area is 125 Å². The molecule has 2 unspecified atom stereocenters. The minimum absolute atomic E-state index is 0.0331. The van der Waals surface area contributed by atoms with E-state index < -0.39 is 10.0 Å². The second-order valence-electron chi connectivity index (χ2n) is 5.18. The molecule has 0 saturated heterocycles. The largest absolute Gasteiger partial charge is 0.399 e. The van der Waals surface area contributed by atoms with Gasteiger partial charge in [0.25, 0.3) is 0 Å². The first-order chi connectivity index (χ1) is 9.44. The molecule has 1 aliphatic carbocycles. The fourth-order valence-corrected chi connectivity index (χ4v) is 5.52. The highest BCUT2D eigenvalue weighted by Gasteiger charge is 2.31. The van der Waals surface area contributed by atoms with E-state index in [9.17, 15) is 8.42 Å². The Morgan fingerprint density at radius 3 is 2.85 bits per heavy atom. The van der Waals surface area contributed by atoms with Crippen molar-refractivity contribution >= 4 is 27.5 Å². The number of thioether (sulfide) groups is 1. The zero-order chi connectivity index (χ0) is 14.8. The average Bonchev–Trinajstić information content (AvgIpc) is 2.79. The van der Waals surface area contributed by atoms with Gasteiger partial charge in [0.15, 0.2) is 0 Å². The molecule has 6 heteroatoms. The van der Waals surface area contributed by atoms with Crippen LogP contribution in [-0.2, 0) is 10.0 Å². The Bertz CT molecular complexity index is 573. The Morgan fingerprint density at radius 2 is 2.15 bits per heavy atom. The van der Waals surface area contributed by atoms with Crippen LogP contribution in [0.25, 0.3) is 0 Å². The number of hydrogen-bond donors (Lipinski definition) is 2. The predicted molar refractivity (Wildman–Crippen MR) is 85.5 cm³/mol. The van der Waals surface area contributed by atoms with Crippen LogP contribution < -0.4 is 10.5 Å². The molecule has 20 heavy (non-hydrogen) atoms. The number of nitrogen functional groups attached to an aromatic ring is 1. The van der Waals surface area contributed by atoms with Crippen molar-refractivity contribution in [2.75, 3.05) is 11.5 Å². The molecule has 2 atom stereocenters. The molecule has 0 bridgehead atoms. The van der Waals surface area contributed by atoms with E-state index in [0.717, 1.165) is 30.6 Å². The quantitative estimate of drug-likeness (QED) is 0.819. The van der Waals surface area contributed by atoms with E-state index in [-0.39, 0.29) is 6.04 Å². The molecular formula is C14H22N2O2S2. The van der Waals surface area contributed by atoms with Crippen LogP contribution in [-0.4, -0.2) is 25.5 Å². The van der Waals surface area contributed by atoms with Crippen LogP contribution in [0.5, 0.6) is 0 Å². The molecule has 112 valence electrons. The van der Waals surface area contributed by atoms with E-state index in [4.69, 9.17) is 5.73 Å². The van der Waals surface area contributed by atoms with Gasteiger partial charge in [-0.3, -0.25) is 0 Å². The van der Waals surface area contributed by atoms with Gasteiger partial charge in [0, 0.05) is 17.0 Å². The summed E-state index contributed by atoms with van der Waals surface area (Å²) >= 11 is 1.84. The van der Waals surface area contributed by atoms with E-state index in [1.165, 1.54) is 6.07 Å². The highest BCUT2D eigenvalue weighted by molar-refractivity contribution is 8.00. The van der Waals surface area contributed by atoms with Crippen molar-refractivity contribution in [1.82, 2.24) is 4.72 Å². The summed E-state index contributed by atoms with van der Waals surface area (Å²) in [4.78, 5) is 0.296. The number of nitrogens with two attached hydrogens (primary N) is 1. The maximum Gasteiger partial charge on any atom is 0.241 e. The molecule has 3 N–H and O–H groups in total. The minimum Gasteiger partial charge on any atom is -0.399 e. The lowest BCUT2D eigenvalue weighted by molar-refractivity contribution is 0.554. The van der Waals surface area contributed by atoms with E-state index in [2.05, 4.69) is 11.6 Å². The molecule has 1 aliphatic rings. The molecule has 1 saturated carbocycles. The molecule has 0 spiro atoms. The van der Waals surface area contributed by atoms with Crippen molar-refractivity contribution in [1.29, 1.82) is 0 Å². The third-order valence-electron chi connectivity index (χ3n) is 3.64. The Hall–Kier alpha value is -0.720. The monoisotopic (exact) mass is 314 g/mol. The van der Waals surface area contributed by atoms with Crippen LogP contribution in [0.3, 0.4) is 0 Å². The SMILES string of the molecule is CCSC1CCCC1NS(=O)(=O)c1cc(N)ccc1C. The highest BCUT2D eigenvalue weighted by atomic mass is 32.2. The van der Waals surface area contributed by atoms with Gasteiger partial charge in [0.2, 0.25) is 10.0 Å². The van der Waals surface area contributed by atoms with Gasteiger partial charge in [-0.2, -0.15) is 11.8 Å². The van der Waals surface area contributed by atoms with Crippen molar-refractivity contribution in [3.8, 4) is 0 Å². The third kappa shape index (κ3) is 3.48. The van der Waals surface area contributed by atoms with Gasteiger partial charge in [-0.1, -0.05) is 19.4 Å².